The van der Waals surface area contributed by atoms with Gasteiger partial charge in [0.05, 0.1) is 21.4 Å². The number of aromatic nitrogens is 2. The summed E-state index contributed by atoms with van der Waals surface area (Å²) in [4.78, 5) is 9.02. The highest BCUT2D eigenvalue weighted by atomic mass is 35.5. The molecule has 2 rings (SSSR count). The Balaban J connectivity index is 1.97. The van der Waals surface area contributed by atoms with Crippen LogP contribution in [0, 0.1) is 6.92 Å². The van der Waals surface area contributed by atoms with Crippen LogP contribution in [0.15, 0.2) is 10.8 Å². The number of nitrogens with zero attached hydrogens (tertiary/aromatic N) is 2. The topological polar surface area (TPSA) is 25.8 Å². The summed E-state index contributed by atoms with van der Waals surface area (Å²) in [5.74, 6) is 0.706. The Morgan fingerprint density at radius 3 is 2.69 bits per heavy atom. The van der Waals surface area contributed by atoms with E-state index in [1.807, 2.05) is 6.92 Å². The van der Waals surface area contributed by atoms with Gasteiger partial charge in [0.25, 0.3) is 0 Å². The van der Waals surface area contributed by atoms with Crippen molar-refractivity contribution in [1.29, 1.82) is 0 Å². The zero-order valence-corrected chi connectivity index (χ0v) is 11.5. The van der Waals surface area contributed by atoms with E-state index in [4.69, 9.17) is 11.6 Å². The van der Waals surface area contributed by atoms with Crippen molar-refractivity contribution in [1.82, 2.24) is 9.97 Å². The van der Waals surface area contributed by atoms with Crippen LogP contribution in [0.4, 0.5) is 0 Å². The van der Waals surface area contributed by atoms with Gasteiger partial charge in [-0.05, 0) is 19.8 Å². The molecule has 0 amide bonds. The molecule has 0 fully saturated rings. The van der Waals surface area contributed by atoms with Crippen LogP contribution >= 0.6 is 34.3 Å². The van der Waals surface area contributed by atoms with Crippen LogP contribution in [-0.2, 0) is 12.8 Å². The molecule has 0 aliphatic carbocycles. The van der Waals surface area contributed by atoms with Crippen molar-refractivity contribution < 1.29 is 0 Å². The smallest absolute Gasteiger partial charge is 0.0988 e. The summed E-state index contributed by atoms with van der Waals surface area (Å²) < 4.78 is 0. The van der Waals surface area contributed by atoms with E-state index in [0.29, 0.717) is 5.88 Å². The lowest BCUT2D eigenvalue weighted by Crippen LogP contribution is -1.90. The molecule has 0 saturated carbocycles. The van der Waals surface area contributed by atoms with Gasteiger partial charge in [0.2, 0.25) is 0 Å². The number of hydrogen-bond acceptors (Lipinski definition) is 4. The van der Waals surface area contributed by atoms with Gasteiger partial charge in [0, 0.05) is 23.1 Å². The molecule has 2 aromatic heterocycles. The molecule has 0 radical (unpaired) electrons. The Kier molecular flexibility index (Phi) is 4.32. The molecule has 0 aromatic carbocycles. The molecule has 0 aliphatic heterocycles. The fourth-order valence-electron chi connectivity index (χ4n) is 1.44. The van der Waals surface area contributed by atoms with Gasteiger partial charge in [-0.3, -0.25) is 0 Å². The van der Waals surface area contributed by atoms with Crippen molar-refractivity contribution in [3.05, 3.63) is 32.2 Å². The Labute approximate surface area is 108 Å². The third kappa shape index (κ3) is 3.27. The zero-order chi connectivity index (χ0) is 11.4. The Bertz CT molecular complexity index is 450. The van der Waals surface area contributed by atoms with E-state index < -0.39 is 0 Å². The first-order valence-electron chi connectivity index (χ1n) is 5.18. The average molecular weight is 273 g/mol. The molecule has 2 aromatic rings. The highest BCUT2D eigenvalue weighted by molar-refractivity contribution is 7.10. The highest BCUT2D eigenvalue weighted by Gasteiger charge is 2.05. The summed E-state index contributed by atoms with van der Waals surface area (Å²) in [5, 5.41) is 6.50. The lowest BCUT2D eigenvalue weighted by atomic mass is 10.3. The van der Waals surface area contributed by atoms with Gasteiger partial charge in [-0.25, -0.2) is 9.97 Å². The lowest BCUT2D eigenvalue weighted by molar-refractivity contribution is 0.887. The molecule has 0 aliphatic rings. The van der Waals surface area contributed by atoms with Gasteiger partial charge in [0.15, 0.2) is 0 Å². The van der Waals surface area contributed by atoms with E-state index in [0.717, 1.165) is 40.7 Å². The van der Waals surface area contributed by atoms with E-state index in [1.54, 1.807) is 22.7 Å². The minimum Gasteiger partial charge on any atom is -0.246 e. The summed E-state index contributed by atoms with van der Waals surface area (Å²) in [6.45, 7) is 2.03. The van der Waals surface area contributed by atoms with E-state index in [2.05, 4.69) is 20.7 Å². The van der Waals surface area contributed by atoms with Crippen LogP contribution in [0.25, 0.3) is 0 Å². The molecule has 0 unspecified atom stereocenters. The third-order valence-corrected chi connectivity index (χ3v) is 4.15. The van der Waals surface area contributed by atoms with Gasteiger partial charge >= 0.3 is 0 Å². The van der Waals surface area contributed by atoms with Gasteiger partial charge in [0.1, 0.15) is 0 Å². The van der Waals surface area contributed by atoms with Crippen LogP contribution in [0.2, 0.25) is 0 Å². The van der Waals surface area contributed by atoms with E-state index in [1.165, 1.54) is 0 Å². The van der Waals surface area contributed by atoms with Gasteiger partial charge in [-0.15, -0.1) is 34.3 Å². The second kappa shape index (κ2) is 5.75. The first-order chi connectivity index (χ1) is 7.78. The summed E-state index contributed by atoms with van der Waals surface area (Å²) in [6.07, 6.45) is 2.84. The molecule has 86 valence electrons. The zero-order valence-electron chi connectivity index (χ0n) is 9.07. The number of aryl methyl sites for hydroxylation is 2. The summed E-state index contributed by atoms with van der Waals surface area (Å²) >= 11 is 9.06. The van der Waals surface area contributed by atoms with Crippen molar-refractivity contribution in [2.24, 2.45) is 0 Å². The Morgan fingerprint density at radius 1 is 1.19 bits per heavy atom. The quantitative estimate of drug-likeness (QED) is 0.776. The molecule has 2 nitrogen and oxygen atoms in total. The molecular formula is C11H13ClN2S2. The lowest BCUT2D eigenvalue weighted by Gasteiger charge is -1.92. The predicted octanol–water partition coefficient (Wildman–Crippen LogP) is 3.67. The van der Waals surface area contributed by atoms with Crippen LogP contribution in [-0.4, -0.2) is 15.8 Å². The minimum absolute atomic E-state index is 0.706. The third-order valence-electron chi connectivity index (χ3n) is 2.16. The second-order valence-electron chi connectivity index (χ2n) is 3.56. The standard InChI is InChI=1S/C11H13ClN2S2/c1-8-13-10(7-15-8)5-11-14-9(6-16-11)3-2-4-12/h6-7H,2-5H2,1H3. The molecular weight excluding hydrogens is 260 g/mol. The minimum atomic E-state index is 0.706. The number of thiazole rings is 2. The number of hydrogen-bond donors (Lipinski definition) is 0. The molecule has 16 heavy (non-hydrogen) atoms. The molecule has 5 heteroatoms. The van der Waals surface area contributed by atoms with Gasteiger partial charge in [-0.1, -0.05) is 0 Å². The predicted molar refractivity (Wildman–Crippen MR) is 70.8 cm³/mol. The second-order valence-corrected chi connectivity index (χ2v) is 5.94. The first kappa shape index (κ1) is 12.0. The van der Waals surface area contributed by atoms with E-state index >= 15 is 0 Å². The van der Waals surface area contributed by atoms with Gasteiger partial charge in [-0.2, -0.15) is 0 Å². The number of rotatable bonds is 5. The fourth-order valence-corrected chi connectivity index (χ4v) is 3.03. The molecule has 0 saturated heterocycles. The molecule has 2 heterocycles. The van der Waals surface area contributed by atoms with Crippen molar-refractivity contribution in [3.8, 4) is 0 Å². The van der Waals surface area contributed by atoms with E-state index in [9.17, 15) is 0 Å². The van der Waals surface area contributed by atoms with Crippen LogP contribution in [0.5, 0.6) is 0 Å². The molecule has 0 bridgehead atoms. The van der Waals surface area contributed by atoms with Crippen molar-refractivity contribution in [3.63, 3.8) is 0 Å². The summed E-state index contributed by atoms with van der Waals surface area (Å²) in [7, 11) is 0. The SMILES string of the molecule is Cc1nc(Cc2nc(CCCCl)cs2)cs1. The fraction of sp³-hybridized carbons (Fsp3) is 0.455. The number of halogens is 1. The largest absolute Gasteiger partial charge is 0.246 e. The highest BCUT2D eigenvalue weighted by Crippen LogP contribution is 2.17. The summed E-state index contributed by atoms with van der Waals surface area (Å²) in [6, 6.07) is 0. The van der Waals surface area contributed by atoms with Crippen LogP contribution < -0.4 is 0 Å². The Morgan fingerprint density at radius 2 is 2.00 bits per heavy atom. The van der Waals surface area contributed by atoms with Gasteiger partial charge < -0.3 is 0 Å². The normalized spacial score (nSPS) is 10.9. The maximum absolute atomic E-state index is 5.66. The first-order valence-corrected chi connectivity index (χ1v) is 7.47. The Hall–Kier alpha value is -0.450. The molecule has 0 atom stereocenters. The maximum atomic E-state index is 5.66. The molecule has 0 spiro atoms. The van der Waals surface area contributed by atoms with Crippen molar-refractivity contribution in [2.75, 3.05) is 5.88 Å². The van der Waals surface area contributed by atoms with E-state index in [-0.39, 0.29) is 0 Å². The summed E-state index contributed by atoms with van der Waals surface area (Å²) in [5.41, 5.74) is 2.29. The van der Waals surface area contributed by atoms with Crippen LogP contribution in [0.1, 0.15) is 27.8 Å². The maximum Gasteiger partial charge on any atom is 0.0988 e. The van der Waals surface area contributed by atoms with Crippen LogP contribution in [0.3, 0.4) is 0 Å². The molecule has 0 N–H and O–H groups in total. The van der Waals surface area contributed by atoms with Crippen molar-refractivity contribution >= 4 is 34.3 Å². The van der Waals surface area contributed by atoms with Crippen molar-refractivity contribution in [2.45, 2.75) is 26.2 Å². The average Bonchev–Trinajstić information content (AvgIpc) is 2.86. The number of alkyl halides is 1. The monoisotopic (exact) mass is 272 g/mol.